The molecule has 4 aliphatic rings. The summed E-state index contributed by atoms with van der Waals surface area (Å²) < 4.78 is 32.7. The van der Waals surface area contributed by atoms with E-state index in [0.29, 0.717) is 50.4 Å². The maximum Gasteiger partial charge on any atom is 0.318 e. The number of likely N-dealkylation sites (N-methyl/N-ethyl adjacent to an activating group) is 1. The number of nitrogens with zero attached hydrogens (tertiary/aromatic N) is 7. The highest BCUT2D eigenvalue weighted by molar-refractivity contribution is 7.92. The van der Waals surface area contributed by atoms with Crippen LogP contribution in [-0.4, -0.2) is 105 Å². The Kier molecular flexibility index (Phi) is 8.88. The Morgan fingerprint density at radius 2 is 2.02 bits per heavy atom. The summed E-state index contributed by atoms with van der Waals surface area (Å²) in [4.78, 5) is 31.1. The first kappa shape index (κ1) is 31.1. The van der Waals surface area contributed by atoms with E-state index in [0.717, 1.165) is 74.2 Å². The Hall–Kier alpha value is -3.89. The van der Waals surface area contributed by atoms with Crippen molar-refractivity contribution in [3.63, 3.8) is 0 Å². The first-order chi connectivity index (χ1) is 21.6. The lowest BCUT2D eigenvalue weighted by Gasteiger charge is -2.42. The number of nitriles is 1. The molecule has 1 N–H and O–H groups in total. The maximum absolute atomic E-state index is 12.6. The molecule has 2 aromatic rings. The minimum absolute atomic E-state index is 0.159. The Labute approximate surface area is 265 Å². The van der Waals surface area contributed by atoms with Gasteiger partial charge in [0.1, 0.15) is 12.4 Å². The van der Waals surface area contributed by atoms with Crippen molar-refractivity contribution in [3.05, 3.63) is 47.7 Å². The second kappa shape index (κ2) is 12.8. The normalized spacial score (nSPS) is 23.3. The lowest BCUT2D eigenvalue weighted by atomic mass is 9.90. The summed E-state index contributed by atoms with van der Waals surface area (Å²) >= 11 is 0. The van der Waals surface area contributed by atoms with E-state index in [1.807, 2.05) is 18.2 Å². The number of hydrogen-bond acceptors (Lipinski definition) is 10. The number of carbonyl (C=O) groups is 1. The zero-order valence-electron chi connectivity index (χ0n) is 26.1. The number of piperazine rings is 1. The van der Waals surface area contributed by atoms with E-state index in [1.54, 1.807) is 4.90 Å². The van der Waals surface area contributed by atoms with Gasteiger partial charge in [-0.15, -0.1) is 0 Å². The lowest BCUT2D eigenvalue weighted by molar-refractivity contribution is -0.128. The number of fused-ring (bicyclic) bond motifs is 2. The van der Waals surface area contributed by atoms with E-state index in [1.165, 1.54) is 11.6 Å². The molecule has 240 valence electrons. The number of sulfonamides is 1. The van der Waals surface area contributed by atoms with E-state index in [2.05, 4.69) is 39.1 Å². The van der Waals surface area contributed by atoms with Gasteiger partial charge in [-0.05, 0) is 69.5 Å². The highest BCUT2D eigenvalue weighted by Crippen LogP contribution is 2.38. The van der Waals surface area contributed by atoms with Gasteiger partial charge >= 0.3 is 6.01 Å². The number of likely N-dealkylation sites (tertiary alicyclic amines) is 1. The van der Waals surface area contributed by atoms with Gasteiger partial charge in [0.25, 0.3) is 0 Å². The molecule has 13 heteroatoms. The van der Waals surface area contributed by atoms with E-state index in [4.69, 9.17) is 14.7 Å². The van der Waals surface area contributed by atoms with Crippen LogP contribution in [0.4, 0.5) is 17.2 Å². The fraction of sp³-hybridized carbons (Fsp3) is 0.562. The van der Waals surface area contributed by atoms with Crippen LogP contribution in [0.5, 0.6) is 6.01 Å². The van der Waals surface area contributed by atoms with Crippen molar-refractivity contribution in [2.45, 2.75) is 63.1 Å². The van der Waals surface area contributed by atoms with Crippen LogP contribution < -0.4 is 19.3 Å². The van der Waals surface area contributed by atoms with Crippen molar-refractivity contribution in [1.29, 1.82) is 5.26 Å². The Bertz CT molecular complexity index is 1610. The van der Waals surface area contributed by atoms with Crippen molar-refractivity contribution >= 4 is 33.1 Å². The van der Waals surface area contributed by atoms with Crippen LogP contribution >= 0.6 is 0 Å². The van der Waals surface area contributed by atoms with Crippen molar-refractivity contribution in [2.24, 2.45) is 0 Å². The van der Waals surface area contributed by atoms with Gasteiger partial charge in [0.15, 0.2) is 0 Å². The molecule has 6 rings (SSSR count). The van der Waals surface area contributed by atoms with Crippen molar-refractivity contribution < 1.29 is 17.9 Å². The number of anilines is 3. The average Bonchev–Trinajstić information content (AvgIpc) is 3.63. The fourth-order valence-corrected chi connectivity index (χ4v) is 7.86. The molecule has 45 heavy (non-hydrogen) atoms. The minimum Gasteiger partial charge on any atom is -0.462 e. The third-order valence-electron chi connectivity index (χ3n) is 9.61. The van der Waals surface area contributed by atoms with Crippen LogP contribution in [0.2, 0.25) is 0 Å². The predicted octanol–water partition coefficient (Wildman–Crippen LogP) is 2.36. The van der Waals surface area contributed by atoms with Crippen LogP contribution in [0.1, 0.15) is 42.5 Å². The van der Waals surface area contributed by atoms with Crippen molar-refractivity contribution in [2.75, 3.05) is 67.2 Å². The molecule has 4 heterocycles. The molecule has 0 spiro atoms. The molecule has 2 fully saturated rings. The number of ether oxygens (including phenoxy) is 1. The molecular formula is C32H42N8O4S. The van der Waals surface area contributed by atoms with Gasteiger partial charge < -0.3 is 24.3 Å². The van der Waals surface area contributed by atoms with Crippen LogP contribution in [0.3, 0.4) is 0 Å². The number of nitrogens with one attached hydrogen (secondary N) is 1. The van der Waals surface area contributed by atoms with Gasteiger partial charge in [-0.1, -0.05) is 12.6 Å². The second-order valence-corrected chi connectivity index (χ2v) is 14.3. The summed E-state index contributed by atoms with van der Waals surface area (Å²) in [5.74, 6) is 0.677. The SMILES string of the molecule is C=CC(=O)N1CCN(c2nc(OCC3CCCN3C)nc3c2CCC(N2CCc4ccc(NS(C)(=O)=O)cc42)C3)CC1CC#N. The van der Waals surface area contributed by atoms with E-state index >= 15 is 0 Å². The summed E-state index contributed by atoms with van der Waals surface area (Å²) in [6.45, 7) is 7.66. The lowest BCUT2D eigenvalue weighted by Crippen LogP contribution is -2.55. The van der Waals surface area contributed by atoms with Gasteiger partial charge in [-0.3, -0.25) is 9.52 Å². The third-order valence-corrected chi connectivity index (χ3v) is 10.2. The van der Waals surface area contributed by atoms with Crippen LogP contribution in [-0.2, 0) is 34.1 Å². The number of rotatable bonds is 9. The highest BCUT2D eigenvalue weighted by Gasteiger charge is 2.36. The zero-order chi connectivity index (χ0) is 31.7. The number of amides is 1. The summed E-state index contributed by atoms with van der Waals surface area (Å²) in [5, 5.41) is 9.53. The molecule has 12 nitrogen and oxygen atoms in total. The van der Waals surface area contributed by atoms with Crippen molar-refractivity contribution in [3.8, 4) is 12.1 Å². The first-order valence-corrected chi connectivity index (χ1v) is 17.7. The van der Waals surface area contributed by atoms with Crippen LogP contribution in [0.25, 0.3) is 0 Å². The number of hydrogen-bond donors (Lipinski definition) is 1. The largest absolute Gasteiger partial charge is 0.462 e. The van der Waals surface area contributed by atoms with Gasteiger partial charge in [0, 0.05) is 55.9 Å². The topological polar surface area (TPSA) is 135 Å². The molecule has 1 aromatic heterocycles. The number of benzene rings is 1. The molecule has 3 aliphatic heterocycles. The van der Waals surface area contributed by atoms with Gasteiger partial charge in [0.05, 0.1) is 36.2 Å². The standard InChI is InChI=1S/C32H42N8O4S/c1-4-30(41)40-17-16-38(20-25(40)11-13-33)31-27-10-9-24(19-28(27)34-32(35-31)44-21-26-6-5-14-37(26)2)39-15-12-22-7-8-23(18-29(22)39)36-45(3,42)43/h4,7-8,18,24-26,36H,1,5-6,9-12,14-17,19-21H2,2-3H3. The zero-order valence-corrected chi connectivity index (χ0v) is 26.9. The molecule has 0 bridgehead atoms. The van der Waals surface area contributed by atoms with Gasteiger partial charge in [0.2, 0.25) is 15.9 Å². The van der Waals surface area contributed by atoms with Gasteiger partial charge in [-0.25, -0.2) is 8.42 Å². The minimum atomic E-state index is -3.38. The molecule has 0 saturated carbocycles. The van der Waals surface area contributed by atoms with Crippen LogP contribution in [0, 0.1) is 11.3 Å². The Morgan fingerprint density at radius 1 is 1.18 bits per heavy atom. The smallest absolute Gasteiger partial charge is 0.318 e. The number of carbonyl (C=O) groups excluding carboxylic acids is 1. The fourth-order valence-electron chi connectivity index (χ4n) is 7.30. The molecule has 1 amide bonds. The molecule has 2 saturated heterocycles. The third kappa shape index (κ3) is 6.72. The Morgan fingerprint density at radius 3 is 2.76 bits per heavy atom. The summed E-state index contributed by atoms with van der Waals surface area (Å²) in [7, 11) is -1.26. The van der Waals surface area contributed by atoms with E-state index in [-0.39, 0.29) is 24.4 Å². The second-order valence-electron chi connectivity index (χ2n) is 12.6. The summed E-state index contributed by atoms with van der Waals surface area (Å²) in [6.07, 6.45) is 8.23. The molecule has 0 radical (unpaired) electrons. The first-order valence-electron chi connectivity index (χ1n) is 15.8. The monoisotopic (exact) mass is 634 g/mol. The van der Waals surface area contributed by atoms with E-state index in [9.17, 15) is 18.5 Å². The summed E-state index contributed by atoms with van der Waals surface area (Å²) in [5.41, 5.74) is 4.91. The summed E-state index contributed by atoms with van der Waals surface area (Å²) in [6, 6.07) is 8.65. The quantitative estimate of drug-likeness (QED) is 0.410. The molecule has 3 atom stereocenters. The number of aromatic nitrogens is 2. The predicted molar refractivity (Wildman–Crippen MR) is 173 cm³/mol. The maximum atomic E-state index is 12.6. The van der Waals surface area contributed by atoms with Crippen molar-refractivity contribution in [1.82, 2.24) is 19.8 Å². The highest BCUT2D eigenvalue weighted by atomic mass is 32.2. The van der Waals surface area contributed by atoms with Gasteiger partial charge in [-0.2, -0.15) is 15.2 Å². The average molecular weight is 635 g/mol. The molecular weight excluding hydrogens is 592 g/mol. The van der Waals surface area contributed by atoms with Crippen LogP contribution in [0.15, 0.2) is 30.9 Å². The van der Waals surface area contributed by atoms with E-state index < -0.39 is 10.0 Å². The molecule has 1 aromatic carbocycles. The Balaban J connectivity index is 1.29. The molecule has 3 unspecified atom stereocenters. The molecule has 1 aliphatic carbocycles.